The van der Waals surface area contributed by atoms with Gasteiger partial charge in [0.05, 0.1) is 13.1 Å². The molecular formula is C19H34N5O3+. The van der Waals surface area contributed by atoms with E-state index in [1.54, 1.807) is 0 Å². The lowest BCUT2D eigenvalue weighted by molar-refractivity contribution is -0.898. The third-order valence-corrected chi connectivity index (χ3v) is 5.35. The Hall–Kier alpha value is -2.09. The third kappa shape index (κ3) is 5.22. The zero-order valence-electron chi connectivity index (χ0n) is 16.8. The zero-order chi connectivity index (χ0) is 20.0. The summed E-state index contributed by atoms with van der Waals surface area (Å²) in [5, 5.41) is 0. The first kappa shape index (κ1) is 21.2. The van der Waals surface area contributed by atoms with Crippen LogP contribution in [0.15, 0.2) is 9.59 Å². The molecule has 2 rings (SSSR count). The van der Waals surface area contributed by atoms with E-state index in [2.05, 4.69) is 11.9 Å². The third-order valence-electron chi connectivity index (χ3n) is 5.35. The molecule has 0 atom stereocenters. The first-order valence-corrected chi connectivity index (χ1v) is 10.2. The molecule has 4 N–H and O–H groups in total. The van der Waals surface area contributed by atoms with Crippen molar-refractivity contribution in [3.05, 3.63) is 20.8 Å². The van der Waals surface area contributed by atoms with Crippen LogP contribution in [0.4, 0.5) is 11.5 Å². The standard InChI is InChI=1S/C19H33N5O3/c1-4-6-10-23(15(25)13-22-11-7-14(3)8-12-22)16-17(20)24(9-5-2)19(27)21-18(16)26/h14H,4-13,20H2,1-3H3,(H,21,26,27)/p+1. The van der Waals surface area contributed by atoms with Gasteiger partial charge in [0.25, 0.3) is 11.5 Å². The molecular weight excluding hydrogens is 346 g/mol. The van der Waals surface area contributed by atoms with Crippen molar-refractivity contribution in [3.63, 3.8) is 0 Å². The highest BCUT2D eigenvalue weighted by atomic mass is 16.2. The topological polar surface area (TPSA) is 106 Å². The zero-order valence-corrected chi connectivity index (χ0v) is 16.8. The van der Waals surface area contributed by atoms with Gasteiger partial charge in [-0.3, -0.25) is 24.0 Å². The number of hydrogen-bond acceptors (Lipinski definition) is 4. The van der Waals surface area contributed by atoms with E-state index in [4.69, 9.17) is 5.73 Å². The molecule has 0 saturated carbocycles. The summed E-state index contributed by atoms with van der Waals surface area (Å²) in [6, 6.07) is 0. The Morgan fingerprint density at radius 3 is 2.52 bits per heavy atom. The number of nitrogen functional groups attached to an aromatic ring is 1. The summed E-state index contributed by atoms with van der Waals surface area (Å²) in [5.74, 6) is 0.681. The Kier molecular flexibility index (Phi) is 7.65. The second kappa shape index (κ2) is 9.73. The molecule has 0 unspecified atom stereocenters. The normalized spacial score (nSPS) is 19.8. The molecule has 27 heavy (non-hydrogen) atoms. The van der Waals surface area contributed by atoms with Crippen LogP contribution in [-0.4, -0.2) is 41.6 Å². The van der Waals surface area contributed by atoms with Crippen LogP contribution < -0.4 is 26.8 Å². The van der Waals surface area contributed by atoms with Crippen LogP contribution in [-0.2, 0) is 11.3 Å². The molecule has 152 valence electrons. The molecule has 8 nitrogen and oxygen atoms in total. The second-order valence-corrected chi connectivity index (χ2v) is 7.65. The first-order chi connectivity index (χ1) is 12.9. The van der Waals surface area contributed by atoms with Crippen LogP contribution in [0.5, 0.6) is 0 Å². The lowest BCUT2D eigenvalue weighted by atomic mass is 9.99. The number of H-pyrrole nitrogens is 1. The van der Waals surface area contributed by atoms with Gasteiger partial charge in [0.1, 0.15) is 5.82 Å². The van der Waals surface area contributed by atoms with Crippen LogP contribution >= 0.6 is 0 Å². The van der Waals surface area contributed by atoms with Crippen molar-refractivity contribution in [1.82, 2.24) is 9.55 Å². The quantitative estimate of drug-likeness (QED) is 0.589. The summed E-state index contributed by atoms with van der Waals surface area (Å²) in [4.78, 5) is 42.7. The lowest BCUT2D eigenvalue weighted by Crippen LogP contribution is -3.14. The maximum atomic E-state index is 13.1. The molecule has 2 heterocycles. The minimum absolute atomic E-state index is 0.0809. The second-order valence-electron chi connectivity index (χ2n) is 7.65. The van der Waals surface area contributed by atoms with Crippen LogP contribution in [0, 0.1) is 5.92 Å². The molecule has 0 spiro atoms. The van der Waals surface area contributed by atoms with Crippen LogP contribution in [0.25, 0.3) is 0 Å². The minimum Gasteiger partial charge on any atom is -0.383 e. The number of nitrogens with one attached hydrogen (secondary N) is 2. The highest BCUT2D eigenvalue weighted by Crippen LogP contribution is 2.18. The Balaban J connectivity index is 2.32. The number of rotatable bonds is 8. The number of unbranched alkanes of at least 4 members (excludes halogenated alkanes) is 1. The minimum atomic E-state index is -0.587. The Labute approximate surface area is 160 Å². The number of aromatic nitrogens is 2. The van der Waals surface area contributed by atoms with Gasteiger partial charge in [0.15, 0.2) is 12.2 Å². The average Bonchev–Trinajstić information content (AvgIpc) is 2.63. The highest BCUT2D eigenvalue weighted by molar-refractivity contribution is 5.96. The van der Waals surface area contributed by atoms with E-state index in [0.29, 0.717) is 32.0 Å². The van der Waals surface area contributed by atoms with Gasteiger partial charge >= 0.3 is 5.69 Å². The number of carbonyl (C=O) groups is 1. The summed E-state index contributed by atoms with van der Waals surface area (Å²) in [6.45, 7) is 9.32. The fourth-order valence-electron chi connectivity index (χ4n) is 3.62. The van der Waals surface area contributed by atoms with Crippen molar-refractivity contribution in [1.29, 1.82) is 0 Å². The number of carbonyl (C=O) groups excluding carboxylic acids is 1. The monoisotopic (exact) mass is 380 g/mol. The maximum Gasteiger partial charge on any atom is 0.330 e. The largest absolute Gasteiger partial charge is 0.383 e. The molecule has 1 aliphatic heterocycles. The van der Waals surface area contributed by atoms with Gasteiger partial charge in [0, 0.05) is 13.1 Å². The molecule has 0 aliphatic carbocycles. The number of piperidine rings is 1. The van der Waals surface area contributed by atoms with Crippen molar-refractivity contribution in [3.8, 4) is 0 Å². The van der Waals surface area contributed by atoms with Gasteiger partial charge in [0.2, 0.25) is 0 Å². The van der Waals surface area contributed by atoms with Crippen LogP contribution in [0.2, 0.25) is 0 Å². The fraction of sp³-hybridized carbons (Fsp3) is 0.737. The van der Waals surface area contributed by atoms with Gasteiger partial charge in [-0.25, -0.2) is 4.79 Å². The molecule has 0 aromatic carbocycles. The summed E-state index contributed by atoms with van der Waals surface area (Å²) < 4.78 is 1.35. The van der Waals surface area contributed by atoms with E-state index in [9.17, 15) is 14.4 Å². The number of quaternary nitrogens is 1. The highest BCUT2D eigenvalue weighted by Gasteiger charge is 2.28. The van der Waals surface area contributed by atoms with Gasteiger partial charge in [-0.2, -0.15) is 0 Å². The number of nitrogens with zero attached hydrogens (tertiary/aromatic N) is 2. The molecule has 1 saturated heterocycles. The number of likely N-dealkylation sites (tertiary alicyclic amines) is 1. The van der Waals surface area contributed by atoms with Crippen molar-refractivity contribution in [2.24, 2.45) is 5.92 Å². The molecule has 8 heteroatoms. The average molecular weight is 381 g/mol. The SMILES string of the molecule is CCCCN(C(=O)C[NH+]1CCC(C)CC1)c1c(N)n(CCC)c(=O)[nH]c1=O. The van der Waals surface area contributed by atoms with E-state index in [0.717, 1.165) is 38.8 Å². The van der Waals surface area contributed by atoms with Gasteiger partial charge in [-0.05, 0) is 31.6 Å². The molecule has 1 aliphatic rings. The predicted molar refractivity (Wildman–Crippen MR) is 107 cm³/mol. The van der Waals surface area contributed by atoms with E-state index < -0.39 is 11.2 Å². The van der Waals surface area contributed by atoms with Crippen molar-refractivity contribution in [2.75, 3.05) is 36.8 Å². The number of aromatic amines is 1. The fourth-order valence-corrected chi connectivity index (χ4v) is 3.62. The molecule has 1 fully saturated rings. The molecule has 0 radical (unpaired) electrons. The van der Waals surface area contributed by atoms with E-state index >= 15 is 0 Å². The summed E-state index contributed by atoms with van der Waals surface area (Å²) in [5.41, 5.74) is 5.18. The summed E-state index contributed by atoms with van der Waals surface area (Å²) in [6.07, 6.45) is 4.59. The van der Waals surface area contributed by atoms with Crippen LogP contribution in [0.1, 0.15) is 52.9 Å². The number of hydrogen-bond donors (Lipinski definition) is 3. The maximum absolute atomic E-state index is 13.1. The van der Waals surface area contributed by atoms with Gasteiger partial charge in [-0.1, -0.05) is 27.2 Å². The Morgan fingerprint density at radius 1 is 1.26 bits per heavy atom. The molecule has 1 aromatic rings. The van der Waals surface area contributed by atoms with Gasteiger partial charge < -0.3 is 10.6 Å². The van der Waals surface area contributed by atoms with E-state index in [1.165, 1.54) is 14.4 Å². The van der Waals surface area contributed by atoms with Crippen molar-refractivity contribution >= 4 is 17.4 Å². The number of anilines is 2. The molecule has 1 aromatic heterocycles. The summed E-state index contributed by atoms with van der Waals surface area (Å²) in [7, 11) is 0. The molecule has 1 amide bonds. The molecule has 0 bridgehead atoms. The Bertz CT molecular complexity index is 747. The first-order valence-electron chi connectivity index (χ1n) is 10.2. The number of amides is 1. The summed E-state index contributed by atoms with van der Waals surface area (Å²) >= 11 is 0. The van der Waals surface area contributed by atoms with Crippen molar-refractivity contribution < 1.29 is 9.69 Å². The smallest absolute Gasteiger partial charge is 0.330 e. The predicted octanol–water partition coefficient (Wildman–Crippen LogP) is -0.0233. The lowest BCUT2D eigenvalue weighted by Gasteiger charge is -2.30. The van der Waals surface area contributed by atoms with Crippen LogP contribution in [0.3, 0.4) is 0 Å². The Morgan fingerprint density at radius 2 is 1.93 bits per heavy atom. The van der Waals surface area contributed by atoms with Gasteiger partial charge in [-0.15, -0.1) is 0 Å². The number of nitrogens with two attached hydrogens (primary N) is 1. The van der Waals surface area contributed by atoms with E-state index in [-0.39, 0.29) is 17.4 Å². The van der Waals surface area contributed by atoms with E-state index in [1.807, 2.05) is 13.8 Å². The van der Waals surface area contributed by atoms with Crippen molar-refractivity contribution in [2.45, 2.75) is 59.4 Å².